The molecule has 0 saturated carbocycles. The Bertz CT molecular complexity index is 581. The molecule has 3 nitrogen and oxygen atoms in total. The van der Waals surface area contributed by atoms with Crippen molar-refractivity contribution in [1.82, 2.24) is 0 Å². The summed E-state index contributed by atoms with van der Waals surface area (Å²) in [5, 5.41) is 9.93. The summed E-state index contributed by atoms with van der Waals surface area (Å²) in [6, 6.07) is 12.9. The third-order valence-electron chi connectivity index (χ3n) is 2.82. The fourth-order valence-electron chi connectivity index (χ4n) is 1.87. The summed E-state index contributed by atoms with van der Waals surface area (Å²) < 4.78 is 17.9. The first-order valence-corrected chi connectivity index (χ1v) is 5.74. The lowest BCUT2D eigenvalue weighted by atomic mass is 9.96. The van der Waals surface area contributed by atoms with Gasteiger partial charge < -0.3 is 9.84 Å². The van der Waals surface area contributed by atoms with Crippen molar-refractivity contribution in [2.75, 3.05) is 7.11 Å². The largest absolute Gasteiger partial charge is 0.467 e. The molecule has 2 aromatic carbocycles. The maximum absolute atomic E-state index is 13.4. The molecule has 0 aliphatic heterocycles. The van der Waals surface area contributed by atoms with Gasteiger partial charge in [-0.1, -0.05) is 36.4 Å². The molecule has 2 aromatic rings. The van der Waals surface area contributed by atoms with Gasteiger partial charge in [-0.05, 0) is 28.8 Å². The molecule has 0 aromatic heterocycles. The highest BCUT2D eigenvalue weighted by atomic mass is 19.1. The van der Waals surface area contributed by atoms with Crippen LogP contribution >= 0.6 is 0 Å². The Morgan fingerprint density at radius 3 is 2.53 bits per heavy atom. The average molecular weight is 260 g/mol. The smallest absolute Gasteiger partial charge is 0.339 e. The molecule has 1 N–H and O–H groups in total. The van der Waals surface area contributed by atoms with Gasteiger partial charge in [0.1, 0.15) is 5.82 Å². The van der Waals surface area contributed by atoms with Crippen molar-refractivity contribution in [3.8, 4) is 11.1 Å². The fourth-order valence-corrected chi connectivity index (χ4v) is 1.87. The van der Waals surface area contributed by atoms with Crippen LogP contribution < -0.4 is 0 Å². The molecule has 0 heterocycles. The predicted octanol–water partition coefficient (Wildman–Crippen LogP) is 2.70. The zero-order valence-corrected chi connectivity index (χ0v) is 10.3. The standard InChI is InChI=1S/C15H13FO3/c1-19-15(18)14(17)12-8-7-11(16)9-13(12)10-5-3-2-4-6-10/h2-9,14,17H,1H3. The minimum atomic E-state index is -1.43. The third-order valence-corrected chi connectivity index (χ3v) is 2.82. The van der Waals surface area contributed by atoms with Crippen molar-refractivity contribution in [2.45, 2.75) is 6.10 Å². The number of esters is 1. The van der Waals surface area contributed by atoms with E-state index in [2.05, 4.69) is 4.74 Å². The van der Waals surface area contributed by atoms with E-state index in [4.69, 9.17) is 0 Å². The lowest BCUT2D eigenvalue weighted by Crippen LogP contribution is -2.14. The van der Waals surface area contributed by atoms with E-state index in [9.17, 15) is 14.3 Å². The maximum atomic E-state index is 13.4. The van der Waals surface area contributed by atoms with Gasteiger partial charge >= 0.3 is 5.97 Å². The average Bonchev–Trinajstić information content (AvgIpc) is 2.46. The Morgan fingerprint density at radius 1 is 1.21 bits per heavy atom. The monoisotopic (exact) mass is 260 g/mol. The highest BCUT2D eigenvalue weighted by molar-refractivity contribution is 5.80. The van der Waals surface area contributed by atoms with Crippen LogP contribution in [0.15, 0.2) is 48.5 Å². The number of aliphatic hydroxyl groups is 1. The van der Waals surface area contributed by atoms with Crippen LogP contribution in [0.3, 0.4) is 0 Å². The second-order valence-corrected chi connectivity index (χ2v) is 4.02. The summed E-state index contributed by atoms with van der Waals surface area (Å²) in [4.78, 5) is 11.4. The molecule has 4 heteroatoms. The summed E-state index contributed by atoms with van der Waals surface area (Å²) in [5.41, 5.74) is 1.51. The minimum absolute atomic E-state index is 0.319. The first kappa shape index (κ1) is 13.2. The van der Waals surface area contributed by atoms with Crippen LogP contribution in [-0.4, -0.2) is 18.2 Å². The van der Waals surface area contributed by atoms with Gasteiger partial charge in [0.25, 0.3) is 0 Å². The quantitative estimate of drug-likeness (QED) is 0.863. The van der Waals surface area contributed by atoms with E-state index < -0.39 is 17.9 Å². The summed E-state index contributed by atoms with van der Waals surface area (Å²) in [7, 11) is 1.19. The van der Waals surface area contributed by atoms with E-state index >= 15 is 0 Å². The van der Waals surface area contributed by atoms with Gasteiger partial charge in [0.15, 0.2) is 6.10 Å². The molecule has 0 fully saturated rings. The number of hydrogen-bond donors (Lipinski definition) is 1. The SMILES string of the molecule is COC(=O)C(O)c1ccc(F)cc1-c1ccccc1. The van der Waals surface area contributed by atoms with Crippen molar-refractivity contribution in [3.05, 3.63) is 59.9 Å². The highest BCUT2D eigenvalue weighted by Gasteiger charge is 2.22. The number of rotatable bonds is 3. The number of ether oxygens (including phenoxy) is 1. The van der Waals surface area contributed by atoms with E-state index in [1.165, 1.54) is 25.3 Å². The van der Waals surface area contributed by atoms with Gasteiger partial charge in [0, 0.05) is 0 Å². The van der Waals surface area contributed by atoms with Crippen LogP contribution in [0.4, 0.5) is 4.39 Å². The Balaban J connectivity index is 2.53. The summed E-state index contributed by atoms with van der Waals surface area (Å²) >= 11 is 0. The Kier molecular flexibility index (Phi) is 3.92. The van der Waals surface area contributed by atoms with Gasteiger partial charge in [0.05, 0.1) is 7.11 Å². The van der Waals surface area contributed by atoms with Crippen LogP contribution in [0.25, 0.3) is 11.1 Å². The predicted molar refractivity (Wildman–Crippen MR) is 68.8 cm³/mol. The number of methoxy groups -OCH3 is 1. The maximum Gasteiger partial charge on any atom is 0.339 e. The number of carbonyl (C=O) groups is 1. The second-order valence-electron chi connectivity index (χ2n) is 4.02. The lowest BCUT2D eigenvalue weighted by molar-refractivity contribution is -0.150. The van der Waals surface area contributed by atoms with E-state index in [1.807, 2.05) is 6.07 Å². The van der Waals surface area contributed by atoms with Crippen LogP contribution in [0.1, 0.15) is 11.7 Å². The zero-order chi connectivity index (χ0) is 13.8. The van der Waals surface area contributed by atoms with E-state index in [0.717, 1.165) is 5.56 Å². The number of halogens is 1. The molecule has 98 valence electrons. The molecule has 1 atom stereocenters. The number of aliphatic hydroxyl groups excluding tert-OH is 1. The van der Waals surface area contributed by atoms with Gasteiger partial charge in [0.2, 0.25) is 0 Å². The van der Waals surface area contributed by atoms with Gasteiger partial charge in [-0.2, -0.15) is 0 Å². The van der Waals surface area contributed by atoms with Gasteiger partial charge in [-0.25, -0.2) is 9.18 Å². The van der Waals surface area contributed by atoms with Crippen LogP contribution in [0, 0.1) is 5.82 Å². The second kappa shape index (κ2) is 5.63. The Labute approximate surface area is 110 Å². The van der Waals surface area contributed by atoms with E-state index in [1.54, 1.807) is 24.3 Å². The summed E-state index contributed by atoms with van der Waals surface area (Å²) in [6.07, 6.45) is -1.43. The van der Waals surface area contributed by atoms with Crippen molar-refractivity contribution in [2.24, 2.45) is 0 Å². The van der Waals surface area contributed by atoms with Crippen LogP contribution in [-0.2, 0) is 9.53 Å². The number of carbonyl (C=O) groups excluding carboxylic acids is 1. The molecule has 0 radical (unpaired) electrons. The molecule has 0 spiro atoms. The summed E-state index contributed by atoms with van der Waals surface area (Å²) in [5.74, 6) is -1.21. The van der Waals surface area contributed by atoms with Crippen LogP contribution in [0.2, 0.25) is 0 Å². The lowest BCUT2D eigenvalue weighted by Gasteiger charge is -2.14. The van der Waals surface area contributed by atoms with E-state index in [0.29, 0.717) is 11.1 Å². The minimum Gasteiger partial charge on any atom is -0.467 e. The molecule has 0 saturated heterocycles. The molecule has 0 aliphatic carbocycles. The molecule has 1 unspecified atom stereocenters. The molecule has 0 amide bonds. The molecule has 2 rings (SSSR count). The molecular formula is C15H13FO3. The molecular weight excluding hydrogens is 247 g/mol. The van der Waals surface area contributed by atoms with Crippen molar-refractivity contribution in [1.29, 1.82) is 0 Å². The first-order valence-electron chi connectivity index (χ1n) is 5.74. The number of hydrogen-bond acceptors (Lipinski definition) is 3. The van der Waals surface area contributed by atoms with Gasteiger partial charge in [-0.15, -0.1) is 0 Å². The Morgan fingerprint density at radius 2 is 1.89 bits per heavy atom. The summed E-state index contributed by atoms with van der Waals surface area (Å²) in [6.45, 7) is 0. The van der Waals surface area contributed by atoms with Gasteiger partial charge in [-0.3, -0.25) is 0 Å². The molecule has 0 aliphatic rings. The molecule has 0 bridgehead atoms. The zero-order valence-electron chi connectivity index (χ0n) is 10.3. The van der Waals surface area contributed by atoms with Crippen molar-refractivity contribution >= 4 is 5.97 Å². The van der Waals surface area contributed by atoms with Crippen molar-refractivity contribution in [3.63, 3.8) is 0 Å². The molecule has 19 heavy (non-hydrogen) atoms. The highest BCUT2D eigenvalue weighted by Crippen LogP contribution is 2.29. The van der Waals surface area contributed by atoms with Crippen molar-refractivity contribution < 1.29 is 19.0 Å². The number of benzene rings is 2. The normalized spacial score (nSPS) is 11.9. The third kappa shape index (κ3) is 2.80. The van der Waals surface area contributed by atoms with E-state index in [-0.39, 0.29) is 0 Å². The topological polar surface area (TPSA) is 46.5 Å². The van der Waals surface area contributed by atoms with Crippen LogP contribution in [0.5, 0.6) is 0 Å². The fraction of sp³-hybridized carbons (Fsp3) is 0.133. The first-order chi connectivity index (χ1) is 9.13. The Hall–Kier alpha value is -2.20.